The van der Waals surface area contributed by atoms with Crippen molar-refractivity contribution in [2.75, 3.05) is 45.9 Å². The number of carboxylic acids is 1. The highest BCUT2D eigenvalue weighted by atomic mass is 16.5. The third-order valence-electron chi connectivity index (χ3n) is 4.37. The van der Waals surface area contributed by atoms with Crippen molar-refractivity contribution in [2.45, 2.75) is 32.4 Å². The molecular weight excluding hydrogens is 274 g/mol. The van der Waals surface area contributed by atoms with Crippen molar-refractivity contribution in [3.63, 3.8) is 0 Å². The lowest BCUT2D eigenvalue weighted by Gasteiger charge is -2.46. The third-order valence-corrected chi connectivity index (χ3v) is 4.37. The summed E-state index contributed by atoms with van der Waals surface area (Å²) in [5.41, 5.74) is -0.291. The second-order valence-corrected chi connectivity index (χ2v) is 6.34. The molecule has 7 nitrogen and oxygen atoms in total. The fourth-order valence-corrected chi connectivity index (χ4v) is 2.84. The predicted octanol–water partition coefficient (Wildman–Crippen LogP) is 0.308. The molecule has 0 bridgehead atoms. The molecule has 7 heteroatoms. The third kappa shape index (κ3) is 3.47. The molecule has 21 heavy (non-hydrogen) atoms. The molecule has 2 aliphatic rings. The summed E-state index contributed by atoms with van der Waals surface area (Å²) < 4.78 is 5.44. The number of piperazine rings is 1. The number of rotatable bonds is 2. The van der Waals surface area contributed by atoms with Gasteiger partial charge in [-0.05, 0) is 20.8 Å². The maximum Gasteiger partial charge on any atom is 0.320 e. The Bertz CT molecular complexity index is 405. The number of amides is 2. The highest BCUT2D eigenvalue weighted by Crippen LogP contribution is 2.21. The standard InChI is InChI=1S/C14H25N3O4/c1-11(12(18)19)15-4-6-16(7-5-15)13(20)17-8-9-21-10-14(17,2)3/h11H,4-10H2,1-3H3,(H,18,19). The van der Waals surface area contributed by atoms with Gasteiger partial charge >= 0.3 is 12.0 Å². The van der Waals surface area contributed by atoms with Crippen LogP contribution in [-0.2, 0) is 9.53 Å². The average molecular weight is 299 g/mol. The normalized spacial score (nSPS) is 24.7. The van der Waals surface area contributed by atoms with Gasteiger partial charge < -0.3 is 19.6 Å². The van der Waals surface area contributed by atoms with Crippen LogP contribution in [0.25, 0.3) is 0 Å². The van der Waals surface area contributed by atoms with Crippen LogP contribution in [-0.4, -0.2) is 89.3 Å². The number of urea groups is 1. The first kappa shape index (κ1) is 16.0. The van der Waals surface area contributed by atoms with Gasteiger partial charge in [0, 0.05) is 32.7 Å². The largest absolute Gasteiger partial charge is 0.480 e. The molecule has 0 aromatic heterocycles. The zero-order valence-corrected chi connectivity index (χ0v) is 13.0. The maximum absolute atomic E-state index is 12.6. The molecule has 1 atom stereocenters. The maximum atomic E-state index is 12.6. The molecule has 1 N–H and O–H groups in total. The van der Waals surface area contributed by atoms with Gasteiger partial charge in [0.25, 0.3) is 0 Å². The fraction of sp³-hybridized carbons (Fsp3) is 0.857. The summed E-state index contributed by atoms with van der Waals surface area (Å²) in [6, 6.07) is -0.465. The van der Waals surface area contributed by atoms with Crippen LogP contribution in [0.5, 0.6) is 0 Å². The molecule has 0 radical (unpaired) electrons. The second kappa shape index (κ2) is 6.19. The predicted molar refractivity (Wildman–Crippen MR) is 77.2 cm³/mol. The molecule has 120 valence electrons. The lowest BCUT2D eigenvalue weighted by Crippen LogP contribution is -2.62. The zero-order valence-electron chi connectivity index (χ0n) is 13.0. The van der Waals surface area contributed by atoms with Crippen LogP contribution in [0.1, 0.15) is 20.8 Å². The van der Waals surface area contributed by atoms with Gasteiger partial charge in [-0.15, -0.1) is 0 Å². The summed E-state index contributed by atoms with van der Waals surface area (Å²) in [6.45, 7) is 9.78. The molecule has 0 saturated carbocycles. The first-order valence-electron chi connectivity index (χ1n) is 7.44. The second-order valence-electron chi connectivity index (χ2n) is 6.34. The summed E-state index contributed by atoms with van der Waals surface area (Å²) in [5, 5.41) is 9.04. The Labute approximate surface area is 125 Å². The van der Waals surface area contributed by atoms with Crippen LogP contribution in [0, 0.1) is 0 Å². The van der Waals surface area contributed by atoms with Crippen LogP contribution in [0.15, 0.2) is 0 Å². The van der Waals surface area contributed by atoms with E-state index in [2.05, 4.69) is 0 Å². The molecular formula is C14H25N3O4. The average Bonchev–Trinajstić information content (AvgIpc) is 2.45. The number of hydrogen-bond donors (Lipinski definition) is 1. The van der Waals surface area contributed by atoms with Gasteiger partial charge in [0.15, 0.2) is 0 Å². The molecule has 2 saturated heterocycles. The monoisotopic (exact) mass is 299 g/mol. The number of ether oxygens (including phenoxy) is 1. The van der Waals surface area contributed by atoms with Crippen molar-refractivity contribution >= 4 is 12.0 Å². The van der Waals surface area contributed by atoms with Crippen LogP contribution in [0.3, 0.4) is 0 Å². The van der Waals surface area contributed by atoms with Crippen molar-refractivity contribution in [3.05, 3.63) is 0 Å². The summed E-state index contributed by atoms with van der Waals surface area (Å²) in [6.07, 6.45) is 0. The van der Waals surface area contributed by atoms with Crippen LogP contribution in [0.2, 0.25) is 0 Å². The molecule has 2 heterocycles. The van der Waals surface area contributed by atoms with Crippen molar-refractivity contribution in [1.29, 1.82) is 0 Å². The highest BCUT2D eigenvalue weighted by Gasteiger charge is 2.37. The summed E-state index contributed by atoms with van der Waals surface area (Å²) >= 11 is 0. The van der Waals surface area contributed by atoms with E-state index in [9.17, 15) is 9.59 Å². The molecule has 2 fully saturated rings. The Morgan fingerprint density at radius 3 is 2.29 bits per heavy atom. The Morgan fingerprint density at radius 1 is 1.14 bits per heavy atom. The van der Waals surface area contributed by atoms with Gasteiger partial charge in [0.2, 0.25) is 0 Å². The van der Waals surface area contributed by atoms with E-state index in [0.29, 0.717) is 45.9 Å². The van der Waals surface area contributed by atoms with E-state index < -0.39 is 12.0 Å². The minimum Gasteiger partial charge on any atom is -0.480 e. The molecule has 0 aliphatic carbocycles. The van der Waals surface area contributed by atoms with Gasteiger partial charge in [-0.3, -0.25) is 9.69 Å². The van der Waals surface area contributed by atoms with Gasteiger partial charge in [0.1, 0.15) is 6.04 Å². The Hall–Kier alpha value is -1.34. The minimum absolute atomic E-state index is 0.0333. The van der Waals surface area contributed by atoms with E-state index in [1.54, 1.807) is 6.92 Å². The quantitative estimate of drug-likeness (QED) is 0.794. The first-order chi connectivity index (χ1) is 9.83. The molecule has 2 amide bonds. The van der Waals surface area contributed by atoms with Crippen LogP contribution < -0.4 is 0 Å². The number of aliphatic carboxylic acids is 1. The summed E-state index contributed by atoms with van der Waals surface area (Å²) in [5.74, 6) is -0.816. The minimum atomic E-state index is -0.816. The number of hydrogen-bond acceptors (Lipinski definition) is 4. The molecule has 0 aromatic rings. The van der Waals surface area contributed by atoms with Gasteiger partial charge in [-0.1, -0.05) is 0 Å². The van der Waals surface area contributed by atoms with E-state index >= 15 is 0 Å². The number of carboxylic acid groups (broad SMARTS) is 1. The number of nitrogens with zero attached hydrogens (tertiary/aromatic N) is 3. The van der Waals surface area contributed by atoms with Crippen molar-refractivity contribution in [3.8, 4) is 0 Å². The van der Waals surface area contributed by atoms with Crippen LogP contribution >= 0.6 is 0 Å². The number of carbonyl (C=O) groups is 2. The van der Waals surface area contributed by atoms with Gasteiger partial charge in [-0.25, -0.2) is 4.79 Å². The molecule has 0 spiro atoms. The summed E-state index contributed by atoms with van der Waals surface area (Å²) in [4.78, 5) is 29.2. The van der Waals surface area contributed by atoms with Crippen molar-refractivity contribution < 1.29 is 19.4 Å². The van der Waals surface area contributed by atoms with E-state index in [4.69, 9.17) is 9.84 Å². The van der Waals surface area contributed by atoms with E-state index in [0.717, 1.165) is 0 Å². The smallest absolute Gasteiger partial charge is 0.320 e. The zero-order chi connectivity index (χ0) is 15.6. The van der Waals surface area contributed by atoms with Crippen molar-refractivity contribution in [1.82, 2.24) is 14.7 Å². The molecule has 0 aromatic carbocycles. The first-order valence-corrected chi connectivity index (χ1v) is 7.44. The SMILES string of the molecule is CC(C(=O)O)N1CCN(C(=O)N2CCOCC2(C)C)CC1. The molecule has 1 unspecified atom stereocenters. The topological polar surface area (TPSA) is 73.3 Å². The molecule has 2 rings (SSSR count). The van der Waals surface area contributed by atoms with E-state index in [1.807, 2.05) is 28.5 Å². The van der Waals surface area contributed by atoms with Gasteiger partial charge in [0.05, 0.1) is 18.8 Å². The number of carbonyl (C=O) groups excluding carboxylic acids is 1. The van der Waals surface area contributed by atoms with Gasteiger partial charge in [-0.2, -0.15) is 0 Å². The lowest BCUT2D eigenvalue weighted by molar-refractivity contribution is -0.143. The lowest BCUT2D eigenvalue weighted by atomic mass is 10.0. The Morgan fingerprint density at radius 2 is 1.76 bits per heavy atom. The van der Waals surface area contributed by atoms with Crippen LogP contribution in [0.4, 0.5) is 4.79 Å². The van der Waals surface area contributed by atoms with E-state index in [-0.39, 0.29) is 11.6 Å². The molecule has 2 aliphatic heterocycles. The summed E-state index contributed by atoms with van der Waals surface area (Å²) in [7, 11) is 0. The Kier molecular flexibility index (Phi) is 4.73. The fourth-order valence-electron chi connectivity index (χ4n) is 2.84. The number of morpholine rings is 1. The Balaban J connectivity index is 1.92. The highest BCUT2D eigenvalue weighted by molar-refractivity contribution is 5.76. The van der Waals surface area contributed by atoms with Crippen molar-refractivity contribution in [2.24, 2.45) is 0 Å². The van der Waals surface area contributed by atoms with E-state index in [1.165, 1.54) is 0 Å².